The van der Waals surface area contributed by atoms with E-state index in [-0.39, 0.29) is 12.2 Å². The summed E-state index contributed by atoms with van der Waals surface area (Å²) in [4.78, 5) is 31.8. The molecule has 0 saturated heterocycles. The minimum atomic E-state index is -0.662. The number of benzene rings is 2. The lowest BCUT2D eigenvalue weighted by atomic mass is 9.96. The van der Waals surface area contributed by atoms with Gasteiger partial charge in [-0.3, -0.25) is 9.36 Å². The number of methoxy groups -OCH3 is 2. The third-order valence-corrected chi connectivity index (χ3v) is 7.62. The number of esters is 1. The first-order chi connectivity index (χ1) is 16.8. The lowest BCUT2D eigenvalue weighted by molar-refractivity contribution is -0.139. The first kappa shape index (κ1) is 25.4. The highest BCUT2D eigenvalue weighted by Crippen LogP contribution is 2.34. The third-order valence-electron chi connectivity index (χ3n) is 5.49. The number of carbonyl (C=O) groups excluding carboxylic acids is 1. The topological polar surface area (TPSA) is 79.1 Å². The van der Waals surface area contributed by atoms with Crippen molar-refractivity contribution in [1.82, 2.24) is 4.57 Å². The molecule has 0 aliphatic carbocycles. The molecule has 0 bridgehead atoms. The molecule has 2 heterocycles. The van der Waals surface area contributed by atoms with Crippen molar-refractivity contribution in [3.8, 4) is 11.5 Å². The van der Waals surface area contributed by atoms with Gasteiger partial charge in [-0.05, 0) is 59.6 Å². The van der Waals surface area contributed by atoms with Crippen LogP contribution in [0.25, 0.3) is 6.08 Å². The van der Waals surface area contributed by atoms with Crippen LogP contribution in [-0.2, 0) is 9.53 Å². The Morgan fingerprint density at radius 2 is 1.83 bits per heavy atom. The molecule has 0 saturated carbocycles. The van der Waals surface area contributed by atoms with Crippen LogP contribution >= 0.6 is 43.2 Å². The molecule has 2 aromatic carbocycles. The number of halogens is 2. The van der Waals surface area contributed by atoms with Gasteiger partial charge in [-0.2, -0.15) is 0 Å². The highest BCUT2D eigenvalue weighted by molar-refractivity contribution is 9.10. The first-order valence-electron chi connectivity index (χ1n) is 10.7. The summed E-state index contributed by atoms with van der Waals surface area (Å²) in [7, 11) is 3.13. The van der Waals surface area contributed by atoms with Crippen LogP contribution in [0.1, 0.15) is 31.0 Å². The van der Waals surface area contributed by atoms with Gasteiger partial charge in [0.05, 0.1) is 47.1 Å². The fourth-order valence-corrected chi connectivity index (χ4v) is 5.71. The molecule has 35 heavy (non-hydrogen) atoms. The zero-order chi connectivity index (χ0) is 25.3. The minimum Gasteiger partial charge on any atom is -0.496 e. The highest BCUT2D eigenvalue weighted by atomic mass is 79.9. The molecule has 182 valence electrons. The number of carbonyl (C=O) groups is 1. The SMILES string of the molecule is CCOC(=O)C1=C(C)N=c2s/c(=C\c3cc(Br)c(OC)cc3OC)c(=O)n2[C@@H]1c1ccc(Br)cc1. The molecule has 1 aliphatic rings. The molecule has 4 rings (SSSR count). The molecule has 10 heteroatoms. The van der Waals surface area contributed by atoms with Gasteiger partial charge in [-0.1, -0.05) is 39.4 Å². The average molecular weight is 622 g/mol. The number of ether oxygens (including phenoxy) is 3. The Hall–Kier alpha value is -2.69. The summed E-state index contributed by atoms with van der Waals surface area (Å²) >= 11 is 8.19. The van der Waals surface area contributed by atoms with Gasteiger partial charge in [0.2, 0.25) is 0 Å². The van der Waals surface area contributed by atoms with E-state index >= 15 is 0 Å². The molecule has 1 aliphatic heterocycles. The number of fused-ring (bicyclic) bond motifs is 1. The van der Waals surface area contributed by atoms with Crippen LogP contribution in [0.4, 0.5) is 0 Å². The van der Waals surface area contributed by atoms with Crippen molar-refractivity contribution in [2.75, 3.05) is 20.8 Å². The highest BCUT2D eigenvalue weighted by Gasteiger charge is 2.33. The number of thiazole rings is 1. The van der Waals surface area contributed by atoms with Crippen LogP contribution in [0.3, 0.4) is 0 Å². The maximum atomic E-state index is 13.7. The quantitative estimate of drug-likeness (QED) is 0.383. The smallest absolute Gasteiger partial charge is 0.338 e. The Bertz CT molecular complexity index is 1510. The molecule has 0 amide bonds. The van der Waals surface area contributed by atoms with Crippen molar-refractivity contribution in [2.45, 2.75) is 19.9 Å². The monoisotopic (exact) mass is 620 g/mol. The lowest BCUT2D eigenvalue weighted by Crippen LogP contribution is -2.39. The number of hydrogen-bond donors (Lipinski definition) is 0. The average Bonchev–Trinajstić information content (AvgIpc) is 3.13. The van der Waals surface area contributed by atoms with E-state index in [1.807, 2.05) is 30.3 Å². The van der Waals surface area contributed by atoms with Gasteiger partial charge in [0, 0.05) is 16.1 Å². The van der Waals surface area contributed by atoms with Crippen molar-refractivity contribution in [2.24, 2.45) is 4.99 Å². The van der Waals surface area contributed by atoms with Gasteiger partial charge in [0.1, 0.15) is 11.5 Å². The van der Waals surface area contributed by atoms with E-state index in [9.17, 15) is 9.59 Å². The molecule has 0 spiro atoms. The van der Waals surface area contributed by atoms with Gasteiger partial charge < -0.3 is 14.2 Å². The van der Waals surface area contributed by atoms with E-state index in [1.165, 1.54) is 11.3 Å². The fraction of sp³-hybridized carbons (Fsp3) is 0.240. The van der Waals surface area contributed by atoms with Crippen molar-refractivity contribution in [3.05, 3.63) is 87.4 Å². The van der Waals surface area contributed by atoms with Crippen molar-refractivity contribution in [1.29, 1.82) is 0 Å². The van der Waals surface area contributed by atoms with Crippen LogP contribution in [0.5, 0.6) is 11.5 Å². The Morgan fingerprint density at radius 1 is 1.14 bits per heavy atom. The first-order valence-corrected chi connectivity index (χ1v) is 13.1. The number of hydrogen-bond acceptors (Lipinski definition) is 7. The van der Waals surface area contributed by atoms with Gasteiger partial charge in [-0.25, -0.2) is 9.79 Å². The largest absolute Gasteiger partial charge is 0.496 e. The van der Waals surface area contributed by atoms with E-state index in [0.717, 1.165) is 14.5 Å². The second kappa shape index (κ2) is 10.5. The van der Waals surface area contributed by atoms with E-state index in [0.29, 0.717) is 37.7 Å². The van der Waals surface area contributed by atoms with E-state index < -0.39 is 12.0 Å². The molecule has 3 aromatic rings. The maximum absolute atomic E-state index is 13.7. The van der Waals surface area contributed by atoms with Crippen LogP contribution in [0.2, 0.25) is 0 Å². The molecule has 1 aromatic heterocycles. The van der Waals surface area contributed by atoms with Gasteiger partial charge in [-0.15, -0.1) is 0 Å². The molecular weight excluding hydrogens is 600 g/mol. The Morgan fingerprint density at radius 3 is 2.46 bits per heavy atom. The fourth-order valence-electron chi connectivity index (χ4n) is 3.89. The predicted molar refractivity (Wildman–Crippen MR) is 142 cm³/mol. The molecule has 0 unspecified atom stereocenters. The van der Waals surface area contributed by atoms with Crippen LogP contribution in [0.15, 0.2) is 66.4 Å². The summed E-state index contributed by atoms with van der Waals surface area (Å²) in [6.07, 6.45) is 1.76. The summed E-state index contributed by atoms with van der Waals surface area (Å²) in [5.74, 6) is 0.686. The maximum Gasteiger partial charge on any atom is 0.338 e. The normalized spacial score (nSPS) is 15.5. The van der Waals surface area contributed by atoms with Crippen molar-refractivity contribution in [3.63, 3.8) is 0 Å². The van der Waals surface area contributed by atoms with Crippen molar-refractivity contribution < 1.29 is 19.0 Å². The third kappa shape index (κ3) is 4.87. The second-order valence-corrected chi connectivity index (χ2v) is 10.4. The Labute approximate surface area is 222 Å². The van der Waals surface area contributed by atoms with Gasteiger partial charge in [0.15, 0.2) is 4.80 Å². The van der Waals surface area contributed by atoms with Gasteiger partial charge >= 0.3 is 5.97 Å². The van der Waals surface area contributed by atoms with Gasteiger partial charge in [0.25, 0.3) is 5.56 Å². The number of rotatable bonds is 6. The Balaban J connectivity index is 1.96. The number of aromatic nitrogens is 1. The Kier molecular flexibility index (Phi) is 7.63. The molecule has 1 atom stereocenters. The van der Waals surface area contributed by atoms with E-state index in [2.05, 4.69) is 36.9 Å². The van der Waals surface area contributed by atoms with Crippen LogP contribution in [-0.4, -0.2) is 31.4 Å². The predicted octanol–water partition coefficient (Wildman–Crippen LogP) is 4.34. The molecule has 0 N–H and O–H groups in total. The van der Waals surface area contributed by atoms with E-state index in [1.54, 1.807) is 44.8 Å². The van der Waals surface area contributed by atoms with Crippen LogP contribution < -0.4 is 24.4 Å². The summed E-state index contributed by atoms with van der Waals surface area (Å²) in [5.41, 5.74) is 2.09. The molecule has 0 radical (unpaired) electrons. The van der Waals surface area contributed by atoms with Crippen LogP contribution in [0, 0.1) is 0 Å². The van der Waals surface area contributed by atoms with E-state index in [4.69, 9.17) is 14.2 Å². The molecule has 0 fully saturated rings. The number of allylic oxidation sites excluding steroid dienone is 1. The standard InChI is InChI=1S/C25H22Br2N2O5S/c1-5-34-24(31)21-13(2)28-25-29(22(21)14-6-8-16(26)9-7-14)23(30)20(35-25)11-15-10-17(27)19(33-4)12-18(15)32-3/h6-12,22H,5H2,1-4H3/b20-11-/t22-/m1/s1. The summed E-state index contributed by atoms with van der Waals surface area (Å²) in [6, 6.07) is 10.4. The second-order valence-electron chi connectivity index (χ2n) is 7.58. The molecule has 7 nitrogen and oxygen atoms in total. The molecular formula is C25H22Br2N2O5S. The zero-order valence-corrected chi connectivity index (χ0v) is 23.4. The van der Waals surface area contributed by atoms with Crippen molar-refractivity contribution >= 4 is 55.2 Å². The minimum absolute atomic E-state index is 0.221. The zero-order valence-electron chi connectivity index (χ0n) is 19.4. The number of nitrogens with zero attached hydrogens (tertiary/aromatic N) is 2. The summed E-state index contributed by atoms with van der Waals surface area (Å²) in [5, 5.41) is 0. The lowest BCUT2D eigenvalue weighted by Gasteiger charge is -2.24. The summed E-state index contributed by atoms with van der Waals surface area (Å²) in [6.45, 7) is 3.73. The summed E-state index contributed by atoms with van der Waals surface area (Å²) < 4.78 is 19.8.